The van der Waals surface area contributed by atoms with Crippen LogP contribution < -0.4 is 10.6 Å². The average Bonchev–Trinajstić information content (AvgIpc) is 2.97. The molecule has 2 N–H and O–H groups in total. The third-order valence-corrected chi connectivity index (χ3v) is 6.28. The van der Waals surface area contributed by atoms with Crippen LogP contribution in [0, 0.1) is 0 Å². The van der Waals surface area contributed by atoms with Gasteiger partial charge in [0.25, 0.3) is 11.8 Å². The fourth-order valence-corrected chi connectivity index (χ4v) is 4.39. The van der Waals surface area contributed by atoms with Crippen molar-refractivity contribution in [3.8, 4) is 0 Å². The third-order valence-electron chi connectivity index (χ3n) is 6.28. The fraction of sp³-hybridized carbons (Fsp3) is 0.0606. The Morgan fingerprint density at radius 1 is 0.718 bits per heavy atom. The van der Waals surface area contributed by atoms with Crippen LogP contribution in [0.1, 0.15) is 33.2 Å². The summed E-state index contributed by atoms with van der Waals surface area (Å²) >= 11 is 0. The number of benzene rings is 5. The molecular weight excluding hydrogens is 488 g/mol. The van der Waals surface area contributed by atoms with Crippen molar-refractivity contribution in [1.82, 2.24) is 5.32 Å². The highest BCUT2D eigenvalue weighted by atomic mass is 16.5. The Labute approximate surface area is 225 Å². The van der Waals surface area contributed by atoms with Crippen molar-refractivity contribution in [3.05, 3.63) is 132 Å². The van der Waals surface area contributed by atoms with E-state index in [1.165, 1.54) is 0 Å². The van der Waals surface area contributed by atoms with Crippen molar-refractivity contribution in [2.24, 2.45) is 0 Å². The molecule has 0 radical (unpaired) electrons. The number of fused-ring (bicyclic) bond motifs is 2. The number of anilines is 1. The molecule has 5 rings (SSSR count). The standard InChI is InChI=1S/C33H26N2O4/c1-2-39-33(38)23-16-18-26(19-17-23)34-32(37)30(35-31(36)22-10-4-3-5-11-22)21-29-27-14-8-6-12-24(27)20-25-13-7-9-15-28(25)29/h3-21H,2H2,1H3,(H,34,37)(H,35,36)/b30-21-. The van der Waals surface area contributed by atoms with Crippen LogP contribution in [-0.2, 0) is 9.53 Å². The van der Waals surface area contributed by atoms with Crippen LogP contribution in [0.5, 0.6) is 0 Å². The highest BCUT2D eigenvalue weighted by molar-refractivity contribution is 6.14. The number of carbonyl (C=O) groups is 3. The maximum Gasteiger partial charge on any atom is 0.338 e. The maximum absolute atomic E-state index is 13.6. The van der Waals surface area contributed by atoms with E-state index in [0.29, 0.717) is 16.8 Å². The van der Waals surface area contributed by atoms with Gasteiger partial charge in [0.1, 0.15) is 5.70 Å². The minimum Gasteiger partial charge on any atom is -0.462 e. The highest BCUT2D eigenvalue weighted by Crippen LogP contribution is 2.30. The first-order valence-corrected chi connectivity index (χ1v) is 12.6. The number of amides is 2. The quantitative estimate of drug-likeness (QED) is 0.146. The smallest absolute Gasteiger partial charge is 0.338 e. The normalized spacial score (nSPS) is 11.3. The van der Waals surface area contributed by atoms with Crippen molar-refractivity contribution in [3.63, 3.8) is 0 Å². The van der Waals surface area contributed by atoms with E-state index in [9.17, 15) is 14.4 Å². The van der Waals surface area contributed by atoms with Crippen LogP contribution in [-0.4, -0.2) is 24.4 Å². The second kappa shape index (κ2) is 11.4. The van der Waals surface area contributed by atoms with E-state index in [4.69, 9.17) is 4.74 Å². The first kappa shape index (κ1) is 25.4. The van der Waals surface area contributed by atoms with Gasteiger partial charge in [-0.1, -0.05) is 66.7 Å². The van der Waals surface area contributed by atoms with Gasteiger partial charge in [0.2, 0.25) is 0 Å². The summed E-state index contributed by atoms with van der Waals surface area (Å²) in [4.78, 5) is 38.7. The van der Waals surface area contributed by atoms with Gasteiger partial charge in [-0.15, -0.1) is 0 Å². The van der Waals surface area contributed by atoms with Gasteiger partial charge in [-0.05, 0) is 82.6 Å². The lowest BCUT2D eigenvalue weighted by atomic mass is 9.96. The van der Waals surface area contributed by atoms with E-state index in [1.807, 2.05) is 54.6 Å². The zero-order chi connectivity index (χ0) is 27.2. The first-order valence-electron chi connectivity index (χ1n) is 12.6. The van der Waals surface area contributed by atoms with Crippen molar-refractivity contribution in [1.29, 1.82) is 0 Å². The molecule has 6 nitrogen and oxygen atoms in total. The zero-order valence-electron chi connectivity index (χ0n) is 21.3. The topological polar surface area (TPSA) is 84.5 Å². The minimum atomic E-state index is -0.500. The van der Waals surface area contributed by atoms with Crippen LogP contribution in [0.4, 0.5) is 5.69 Å². The summed E-state index contributed by atoms with van der Waals surface area (Å²) < 4.78 is 5.03. The Kier molecular flexibility index (Phi) is 7.46. The zero-order valence-corrected chi connectivity index (χ0v) is 21.3. The van der Waals surface area contributed by atoms with Gasteiger partial charge >= 0.3 is 5.97 Å². The third kappa shape index (κ3) is 5.70. The minimum absolute atomic E-state index is 0.0832. The Hall–Kier alpha value is -5.23. The van der Waals surface area contributed by atoms with E-state index in [1.54, 1.807) is 61.5 Å². The van der Waals surface area contributed by atoms with Crippen molar-refractivity contribution >= 4 is 51.1 Å². The lowest BCUT2D eigenvalue weighted by Gasteiger charge is -2.14. The number of rotatable bonds is 7. The van der Waals surface area contributed by atoms with E-state index in [-0.39, 0.29) is 12.3 Å². The van der Waals surface area contributed by atoms with Gasteiger partial charge in [0.05, 0.1) is 12.2 Å². The van der Waals surface area contributed by atoms with Gasteiger partial charge in [-0.2, -0.15) is 0 Å². The molecule has 0 saturated heterocycles. The SMILES string of the molecule is CCOC(=O)c1ccc(NC(=O)/C(=C/c2c3ccccc3cc3ccccc23)NC(=O)c2ccccc2)cc1. The molecule has 0 heterocycles. The number of hydrogen-bond acceptors (Lipinski definition) is 4. The van der Waals surface area contributed by atoms with Crippen LogP contribution >= 0.6 is 0 Å². The molecule has 0 aliphatic rings. The molecule has 0 spiro atoms. The Morgan fingerprint density at radius 3 is 1.92 bits per heavy atom. The van der Waals surface area contributed by atoms with Gasteiger partial charge in [-0.3, -0.25) is 9.59 Å². The summed E-state index contributed by atoms with van der Waals surface area (Å²) in [6, 6.07) is 33.1. The van der Waals surface area contributed by atoms with Crippen LogP contribution in [0.2, 0.25) is 0 Å². The second-order valence-corrected chi connectivity index (χ2v) is 8.86. The predicted molar refractivity (Wildman–Crippen MR) is 154 cm³/mol. The molecule has 0 aromatic heterocycles. The highest BCUT2D eigenvalue weighted by Gasteiger charge is 2.17. The average molecular weight is 515 g/mol. The summed E-state index contributed by atoms with van der Waals surface area (Å²) in [6.45, 7) is 2.01. The molecule has 39 heavy (non-hydrogen) atoms. The summed E-state index contributed by atoms with van der Waals surface area (Å²) in [6.07, 6.45) is 1.72. The van der Waals surface area contributed by atoms with Gasteiger partial charge in [0, 0.05) is 11.3 Å². The molecule has 0 atom stereocenters. The molecule has 0 unspecified atom stereocenters. The van der Waals surface area contributed by atoms with E-state index < -0.39 is 17.8 Å². The lowest BCUT2D eigenvalue weighted by molar-refractivity contribution is -0.113. The number of ether oxygens (including phenoxy) is 1. The summed E-state index contributed by atoms with van der Waals surface area (Å²) in [5.74, 6) is -1.34. The molecule has 0 fully saturated rings. The molecule has 0 bridgehead atoms. The van der Waals surface area contributed by atoms with Gasteiger partial charge in [-0.25, -0.2) is 4.79 Å². The molecule has 0 saturated carbocycles. The lowest BCUT2D eigenvalue weighted by Crippen LogP contribution is -2.30. The Balaban J connectivity index is 1.56. The Morgan fingerprint density at radius 2 is 1.31 bits per heavy atom. The maximum atomic E-state index is 13.6. The number of carbonyl (C=O) groups excluding carboxylic acids is 3. The summed E-state index contributed by atoms with van der Waals surface area (Å²) in [5.41, 5.74) is 2.18. The predicted octanol–water partition coefficient (Wildman–Crippen LogP) is 6.58. The molecule has 2 amide bonds. The Bertz CT molecular complexity index is 1650. The van der Waals surface area contributed by atoms with Crippen molar-refractivity contribution < 1.29 is 19.1 Å². The first-order chi connectivity index (χ1) is 19.0. The summed E-state index contributed by atoms with van der Waals surface area (Å²) in [7, 11) is 0. The van der Waals surface area contributed by atoms with Gasteiger partial charge in [0.15, 0.2) is 0 Å². The molecule has 5 aromatic rings. The van der Waals surface area contributed by atoms with E-state index >= 15 is 0 Å². The molecule has 0 aliphatic carbocycles. The largest absolute Gasteiger partial charge is 0.462 e. The van der Waals surface area contributed by atoms with Crippen LogP contribution in [0.25, 0.3) is 27.6 Å². The van der Waals surface area contributed by atoms with E-state index in [2.05, 4.69) is 16.7 Å². The van der Waals surface area contributed by atoms with Crippen molar-refractivity contribution in [2.45, 2.75) is 6.92 Å². The fourth-order valence-electron chi connectivity index (χ4n) is 4.39. The number of nitrogens with one attached hydrogen (secondary N) is 2. The number of hydrogen-bond donors (Lipinski definition) is 2. The molecule has 192 valence electrons. The van der Waals surface area contributed by atoms with Gasteiger partial charge < -0.3 is 15.4 Å². The molecular formula is C33H26N2O4. The second-order valence-electron chi connectivity index (χ2n) is 8.86. The monoisotopic (exact) mass is 514 g/mol. The number of esters is 1. The van der Waals surface area contributed by atoms with Crippen LogP contribution in [0.3, 0.4) is 0 Å². The molecule has 5 aromatic carbocycles. The van der Waals surface area contributed by atoms with Crippen molar-refractivity contribution in [2.75, 3.05) is 11.9 Å². The molecule has 0 aliphatic heterocycles. The summed E-state index contributed by atoms with van der Waals surface area (Å²) in [5, 5.41) is 9.60. The van der Waals surface area contributed by atoms with Crippen LogP contribution in [0.15, 0.2) is 115 Å². The van der Waals surface area contributed by atoms with E-state index in [0.717, 1.165) is 27.1 Å². The molecule has 6 heteroatoms.